The van der Waals surface area contributed by atoms with Crippen molar-refractivity contribution >= 4 is 17.2 Å². The Morgan fingerprint density at radius 3 is 2.69 bits per heavy atom. The van der Waals surface area contributed by atoms with Crippen LogP contribution < -0.4 is 5.32 Å². The fourth-order valence-electron chi connectivity index (χ4n) is 3.52. The van der Waals surface area contributed by atoms with E-state index in [1.807, 2.05) is 6.92 Å². The van der Waals surface area contributed by atoms with Gasteiger partial charge in [-0.2, -0.15) is 0 Å². The highest BCUT2D eigenvalue weighted by molar-refractivity contribution is 7.17. The molecule has 2 aromatic rings. The van der Waals surface area contributed by atoms with Crippen LogP contribution in [0.2, 0.25) is 0 Å². The van der Waals surface area contributed by atoms with Crippen molar-refractivity contribution < 1.29 is 4.79 Å². The molecular formula is C21H29N3OS. The molecule has 0 spiro atoms. The number of likely N-dealkylation sites (tertiary alicyclic amines) is 1. The van der Waals surface area contributed by atoms with Crippen LogP contribution in [0.1, 0.15) is 60.0 Å². The standard InChI is InChI=1S/C21H29N3OS/c1-14(2)16-7-9-17(10-8-16)21-23-15(3)19(26-21)20(25)22-12-11-18-6-5-13-24(18)4/h7-10,14,18H,5-6,11-13H2,1-4H3,(H,22,25). The molecule has 5 heteroatoms. The zero-order valence-corrected chi connectivity index (χ0v) is 17.0. The molecule has 1 amide bonds. The van der Waals surface area contributed by atoms with Crippen LogP contribution in [-0.2, 0) is 0 Å². The quantitative estimate of drug-likeness (QED) is 0.815. The molecule has 1 atom stereocenters. The highest BCUT2D eigenvalue weighted by Crippen LogP contribution is 2.29. The summed E-state index contributed by atoms with van der Waals surface area (Å²) in [6, 6.07) is 9.10. The SMILES string of the molecule is Cc1nc(-c2ccc(C(C)C)cc2)sc1C(=O)NCCC1CCCN1C. The maximum atomic E-state index is 12.6. The van der Waals surface area contributed by atoms with Gasteiger partial charge in [-0.3, -0.25) is 4.79 Å². The highest BCUT2D eigenvalue weighted by atomic mass is 32.1. The van der Waals surface area contributed by atoms with E-state index in [1.54, 1.807) is 0 Å². The molecule has 1 N–H and O–H groups in total. The van der Waals surface area contributed by atoms with Crippen LogP contribution in [0.5, 0.6) is 0 Å². The van der Waals surface area contributed by atoms with Crippen LogP contribution >= 0.6 is 11.3 Å². The molecule has 0 bridgehead atoms. The summed E-state index contributed by atoms with van der Waals surface area (Å²) in [5.74, 6) is 0.521. The van der Waals surface area contributed by atoms with Gasteiger partial charge < -0.3 is 10.2 Å². The van der Waals surface area contributed by atoms with Crippen LogP contribution in [0.25, 0.3) is 10.6 Å². The fourth-order valence-corrected chi connectivity index (χ4v) is 4.51. The van der Waals surface area contributed by atoms with Crippen molar-refractivity contribution in [1.29, 1.82) is 0 Å². The first kappa shape index (κ1) is 19.1. The van der Waals surface area contributed by atoms with Crippen molar-refractivity contribution in [3.05, 3.63) is 40.4 Å². The van der Waals surface area contributed by atoms with Gasteiger partial charge in [-0.25, -0.2) is 4.98 Å². The normalized spacial score (nSPS) is 17.8. The molecule has 3 rings (SSSR count). The van der Waals surface area contributed by atoms with E-state index in [2.05, 4.69) is 60.4 Å². The summed E-state index contributed by atoms with van der Waals surface area (Å²) >= 11 is 1.48. The van der Waals surface area contributed by atoms with Crippen LogP contribution in [-0.4, -0.2) is 42.0 Å². The Hall–Kier alpha value is -1.72. The maximum Gasteiger partial charge on any atom is 0.263 e. The largest absolute Gasteiger partial charge is 0.351 e. The summed E-state index contributed by atoms with van der Waals surface area (Å²) in [6.07, 6.45) is 3.52. The number of rotatable bonds is 6. The van der Waals surface area contributed by atoms with Crippen molar-refractivity contribution in [3.8, 4) is 10.6 Å². The smallest absolute Gasteiger partial charge is 0.263 e. The molecule has 1 fully saturated rings. The molecule has 1 aliphatic rings. The predicted octanol–water partition coefficient (Wildman–Crippen LogP) is 4.46. The van der Waals surface area contributed by atoms with E-state index in [-0.39, 0.29) is 5.91 Å². The lowest BCUT2D eigenvalue weighted by Gasteiger charge is -2.19. The Labute approximate surface area is 160 Å². The zero-order chi connectivity index (χ0) is 18.7. The summed E-state index contributed by atoms with van der Waals surface area (Å²) in [6.45, 7) is 8.19. The van der Waals surface area contributed by atoms with E-state index < -0.39 is 0 Å². The van der Waals surface area contributed by atoms with E-state index in [1.165, 1.54) is 36.3 Å². The lowest BCUT2D eigenvalue weighted by atomic mass is 10.0. The molecular weight excluding hydrogens is 342 g/mol. The number of nitrogens with zero attached hydrogens (tertiary/aromatic N) is 2. The lowest BCUT2D eigenvalue weighted by Crippen LogP contribution is -2.31. The van der Waals surface area contributed by atoms with E-state index in [0.29, 0.717) is 12.0 Å². The number of nitrogens with one attached hydrogen (secondary N) is 1. The van der Waals surface area contributed by atoms with E-state index in [4.69, 9.17) is 0 Å². The Balaban J connectivity index is 1.62. The summed E-state index contributed by atoms with van der Waals surface area (Å²) in [4.78, 5) is 20.3. The van der Waals surface area contributed by atoms with Gasteiger partial charge in [0.25, 0.3) is 5.91 Å². The number of hydrogen-bond acceptors (Lipinski definition) is 4. The van der Waals surface area contributed by atoms with Crippen molar-refractivity contribution in [1.82, 2.24) is 15.2 Å². The second kappa shape index (κ2) is 8.31. The first-order valence-electron chi connectivity index (χ1n) is 9.52. The molecule has 1 unspecified atom stereocenters. The number of amides is 1. The van der Waals surface area contributed by atoms with Crippen LogP contribution in [0, 0.1) is 6.92 Å². The zero-order valence-electron chi connectivity index (χ0n) is 16.2. The average molecular weight is 372 g/mol. The van der Waals surface area contributed by atoms with Crippen molar-refractivity contribution in [2.45, 2.75) is 52.0 Å². The maximum absolute atomic E-state index is 12.6. The molecule has 2 heterocycles. The van der Waals surface area contributed by atoms with Gasteiger partial charge in [0, 0.05) is 18.2 Å². The van der Waals surface area contributed by atoms with Gasteiger partial charge in [-0.15, -0.1) is 11.3 Å². The third-order valence-corrected chi connectivity index (χ3v) is 6.47. The van der Waals surface area contributed by atoms with Crippen molar-refractivity contribution in [2.75, 3.05) is 20.1 Å². The van der Waals surface area contributed by atoms with Gasteiger partial charge >= 0.3 is 0 Å². The average Bonchev–Trinajstić information content (AvgIpc) is 3.21. The fraction of sp³-hybridized carbons (Fsp3) is 0.524. The Bertz CT molecular complexity index is 751. The van der Waals surface area contributed by atoms with Crippen molar-refractivity contribution in [2.24, 2.45) is 0 Å². The van der Waals surface area contributed by atoms with Crippen LogP contribution in [0.15, 0.2) is 24.3 Å². The molecule has 140 valence electrons. The highest BCUT2D eigenvalue weighted by Gasteiger charge is 2.21. The number of carbonyl (C=O) groups excluding carboxylic acids is 1. The third-order valence-electron chi connectivity index (χ3n) is 5.26. The molecule has 1 aromatic heterocycles. The first-order valence-corrected chi connectivity index (χ1v) is 10.3. The number of aryl methyl sites for hydroxylation is 1. The Kier molecular flexibility index (Phi) is 6.09. The van der Waals surface area contributed by atoms with Gasteiger partial charge in [0.15, 0.2) is 0 Å². The molecule has 0 saturated carbocycles. The third kappa shape index (κ3) is 4.33. The number of hydrogen-bond donors (Lipinski definition) is 1. The Morgan fingerprint density at radius 2 is 2.08 bits per heavy atom. The molecule has 26 heavy (non-hydrogen) atoms. The second-order valence-electron chi connectivity index (χ2n) is 7.53. The van der Waals surface area contributed by atoms with Gasteiger partial charge in [-0.05, 0) is 51.3 Å². The van der Waals surface area contributed by atoms with Crippen molar-refractivity contribution in [3.63, 3.8) is 0 Å². The number of aromatic nitrogens is 1. The van der Waals surface area contributed by atoms with Crippen LogP contribution in [0.4, 0.5) is 0 Å². The molecule has 1 saturated heterocycles. The molecule has 1 aliphatic heterocycles. The number of thiazole rings is 1. The van der Waals surface area contributed by atoms with E-state index >= 15 is 0 Å². The lowest BCUT2D eigenvalue weighted by molar-refractivity contribution is 0.0953. The monoisotopic (exact) mass is 371 g/mol. The van der Waals surface area contributed by atoms with Crippen LogP contribution in [0.3, 0.4) is 0 Å². The molecule has 0 radical (unpaired) electrons. The van der Waals surface area contributed by atoms with Gasteiger partial charge in [0.05, 0.1) is 5.69 Å². The number of benzene rings is 1. The minimum Gasteiger partial charge on any atom is -0.351 e. The summed E-state index contributed by atoms with van der Waals surface area (Å²) in [5.41, 5.74) is 3.21. The molecule has 4 nitrogen and oxygen atoms in total. The molecule has 1 aromatic carbocycles. The van der Waals surface area contributed by atoms with Gasteiger partial charge in [0.2, 0.25) is 0 Å². The second-order valence-corrected chi connectivity index (χ2v) is 8.53. The minimum absolute atomic E-state index is 0.00528. The summed E-state index contributed by atoms with van der Waals surface area (Å²) < 4.78 is 0. The van der Waals surface area contributed by atoms with E-state index in [0.717, 1.165) is 34.1 Å². The Morgan fingerprint density at radius 1 is 1.35 bits per heavy atom. The topological polar surface area (TPSA) is 45.2 Å². The summed E-state index contributed by atoms with van der Waals surface area (Å²) in [7, 11) is 2.17. The minimum atomic E-state index is 0.00528. The first-order chi connectivity index (χ1) is 12.5. The number of carbonyl (C=O) groups is 1. The predicted molar refractivity (Wildman–Crippen MR) is 109 cm³/mol. The van der Waals surface area contributed by atoms with Gasteiger partial charge in [-0.1, -0.05) is 38.1 Å². The summed E-state index contributed by atoms with van der Waals surface area (Å²) in [5, 5.41) is 4.00. The molecule has 0 aliphatic carbocycles. The van der Waals surface area contributed by atoms with Gasteiger partial charge in [0.1, 0.15) is 9.88 Å². The van der Waals surface area contributed by atoms with E-state index in [9.17, 15) is 4.79 Å².